The van der Waals surface area contributed by atoms with Crippen molar-refractivity contribution in [3.05, 3.63) is 12.2 Å². The van der Waals surface area contributed by atoms with Crippen LogP contribution in [0.25, 0.3) is 0 Å². The van der Waals surface area contributed by atoms with E-state index >= 15 is 0 Å². The number of ether oxygens (including phenoxy) is 5. The van der Waals surface area contributed by atoms with Gasteiger partial charge in [0.15, 0.2) is 0 Å². The molecule has 2 N–H and O–H groups in total. The molecule has 0 bridgehead atoms. The quantitative estimate of drug-likeness (QED) is 0.0724. The Hall–Kier alpha value is -1.19. The van der Waals surface area contributed by atoms with Crippen LogP contribution in [0.15, 0.2) is 12.2 Å². The summed E-state index contributed by atoms with van der Waals surface area (Å²) in [6.07, 6.45) is 7.27. The summed E-state index contributed by atoms with van der Waals surface area (Å²) >= 11 is 1.09. The molecule has 0 aliphatic carbocycles. The van der Waals surface area contributed by atoms with Crippen LogP contribution in [0, 0.1) is 16.6 Å². The van der Waals surface area contributed by atoms with Gasteiger partial charge in [-0.15, -0.1) is 0 Å². The second kappa shape index (κ2) is 25.1. The minimum Gasteiger partial charge on any atom is -0.379 e. The van der Waals surface area contributed by atoms with Gasteiger partial charge in [-0.05, 0) is 37.9 Å². The van der Waals surface area contributed by atoms with Crippen molar-refractivity contribution in [1.82, 2.24) is 10.6 Å². The molecule has 0 aliphatic rings. The predicted molar refractivity (Wildman–Crippen MR) is 149 cm³/mol. The van der Waals surface area contributed by atoms with Crippen molar-refractivity contribution in [2.75, 3.05) is 72.6 Å². The van der Waals surface area contributed by atoms with Crippen LogP contribution >= 0.6 is 11.8 Å². The Kier molecular flexibility index (Phi) is 24.3. The third-order valence-electron chi connectivity index (χ3n) is 5.21. The van der Waals surface area contributed by atoms with Crippen LogP contribution in [0.1, 0.15) is 60.3 Å². The summed E-state index contributed by atoms with van der Waals surface area (Å²) < 4.78 is 28.1. The fourth-order valence-electron chi connectivity index (χ4n) is 3.15. The van der Waals surface area contributed by atoms with Gasteiger partial charge in [-0.1, -0.05) is 39.3 Å². The molecule has 0 rings (SSSR count). The topological polar surface area (TPSA) is 111 Å². The lowest BCUT2D eigenvalue weighted by atomic mass is 10.2. The highest BCUT2D eigenvalue weighted by molar-refractivity contribution is 8.04. The molecule has 0 aromatic heterocycles. The first-order valence-electron chi connectivity index (χ1n) is 13.5. The lowest BCUT2D eigenvalue weighted by Gasteiger charge is -2.26. The maximum atomic E-state index is 11.7. The highest BCUT2D eigenvalue weighted by Crippen LogP contribution is 2.29. The SMILES string of the molecule is CCCC(C)NCCOCCOCC[C@@](C)(OCCOCCOCCC(=O)NC/C=C/C(C)C)SC#N. The average Bonchev–Trinajstić information content (AvgIpc) is 2.85. The average molecular weight is 546 g/mol. The van der Waals surface area contributed by atoms with Crippen molar-refractivity contribution < 1.29 is 28.5 Å². The van der Waals surface area contributed by atoms with E-state index in [0.29, 0.717) is 90.8 Å². The highest BCUT2D eigenvalue weighted by Gasteiger charge is 2.26. The van der Waals surface area contributed by atoms with Crippen LogP contribution in [0.2, 0.25) is 0 Å². The number of amides is 1. The van der Waals surface area contributed by atoms with Crippen LogP contribution in [0.5, 0.6) is 0 Å². The molecule has 9 nitrogen and oxygen atoms in total. The minimum atomic E-state index is -0.660. The number of carbonyl (C=O) groups excluding carboxylic acids is 1. The summed E-state index contributed by atoms with van der Waals surface area (Å²) in [4.78, 5) is 11.0. The lowest BCUT2D eigenvalue weighted by molar-refractivity contribution is -0.122. The van der Waals surface area contributed by atoms with E-state index in [1.54, 1.807) is 0 Å². The zero-order valence-corrected chi connectivity index (χ0v) is 24.5. The summed E-state index contributed by atoms with van der Waals surface area (Å²) in [6, 6.07) is 0.519. The number of carbonyl (C=O) groups is 1. The second-order valence-corrected chi connectivity index (χ2v) is 10.5. The summed E-state index contributed by atoms with van der Waals surface area (Å²) in [5.41, 5.74) is 0. The Bertz CT molecular complexity index is 617. The monoisotopic (exact) mass is 545 g/mol. The summed E-state index contributed by atoms with van der Waals surface area (Å²) in [7, 11) is 0. The zero-order valence-electron chi connectivity index (χ0n) is 23.7. The molecule has 1 unspecified atom stereocenters. The molecule has 0 aromatic rings. The maximum absolute atomic E-state index is 11.7. The van der Waals surface area contributed by atoms with E-state index in [4.69, 9.17) is 28.9 Å². The van der Waals surface area contributed by atoms with Crippen molar-refractivity contribution in [3.8, 4) is 5.40 Å². The molecule has 216 valence electrons. The molecule has 0 saturated heterocycles. The number of rotatable bonds is 26. The third kappa shape index (κ3) is 24.9. The van der Waals surface area contributed by atoms with Gasteiger partial charge in [-0.25, -0.2) is 0 Å². The van der Waals surface area contributed by atoms with Gasteiger partial charge < -0.3 is 34.3 Å². The molecule has 0 saturated carbocycles. The van der Waals surface area contributed by atoms with Crippen LogP contribution in [0.4, 0.5) is 0 Å². The summed E-state index contributed by atoms with van der Waals surface area (Å²) in [5.74, 6) is 0.448. The molecule has 0 fully saturated rings. The normalized spacial score (nSPS) is 14.1. The fourth-order valence-corrected chi connectivity index (χ4v) is 3.67. The first-order valence-corrected chi connectivity index (χ1v) is 14.3. The van der Waals surface area contributed by atoms with E-state index in [1.807, 2.05) is 13.0 Å². The predicted octanol–water partition coefficient (Wildman–Crippen LogP) is 3.89. The van der Waals surface area contributed by atoms with E-state index < -0.39 is 4.93 Å². The van der Waals surface area contributed by atoms with Crippen molar-refractivity contribution in [2.24, 2.45) is 5.92 Å². The Morgan fingerprint density at radius 1 is 0.973 bits per heavy atom. The number of nitrogens with one attached hydrogen (secondary N) is 2. The number of thioether (sulfide) groups is 1. The summed E-state index contributed by atoms with van der Waals surface area (Å²) in [5, 5.41) is 17.5. The van der Waals surface area contributed by atoms with Crippen LogP contribution < -0.4 is 10.6 Å². The number of nitriles is 1. The number of allylic oxidation sites excluding steroid dienone is 1. The Balaban J connectivity index is 3.71. The largest absolute Gasteiger partial charge is 0.379 e. The van der Waals surface area contributed by atoms with Gasteiger partial charge in [0.25, 0.3) is 0 Å². The molecule has 0 radical (unpaired) electrons. The van der Waals surface area contributed by atoms with Gasteiger partial charge >= 0.3 is 0 Å². The molecule has 0 heterocycles. The van der Waals surface area contributed by atoms with Crippen LogP contribution in [-0.2, 0) is 28.5 Å². The van der Waals surface area contributed by atoms with Crippen molar-refractivity contribution in [2.45, 2.75) is 71.3 Å². The first-order chi connectivity index (χ1) is 17.8. The molecule has 0 spiro atoms. The van der Waals surface area contributed by atoms with E-state index in [9.17, 15) is 4.79 Å². The summed E-state index contributed by atoms with van der Waals surface area (Å²) in [6.45, 7) is 16.0. The number of thiocyanates is 1. The van der Waals surface area contributed by atoms with Gasteiger partial charge in [0.05, 0.1) is 59.5 Å². The molecular formula is C27H51N3O6S. The van der Waals surface area contributed by atoms with Crippen LogP contribution in [-0.4, -0.2) is 89.4 Å². The fraction of sp³-hybridized carbons (Fsp3) is 0.852. The van der Waals surface area contributed by atoms with Crippen molar-refractivity contribution >= 4 is 17.7 Å². The molecule has 37 heavy (non-hydrogen) atoms. The van der Waals surface area contributed by atoms with E-state index in [0.717, 1.165) is 18.3 Å². The Morgan fingerprint density at radius 2 is 1.59 bits per heavy atom. The standard InChI is InChI=1S/C27H51N3O6S/c1-6-8-25(4)29-13-16-34-19-18-33-15-11-27(5,37-23-28)36-22-21-35-20-17-32-14-10-26(31)30-12-7-9-24(2)3/h7,9,24-25,29H,6,8,10-22H2,1-5H3,(H,30,31)/b9-7+/t25?,27-/m0/s1. The van der Waals surface area contributed by atoms with Gasteiger partial charge in [0.2, 0.25) is 5.91 Å². The van der Waals surface area contributed by atoms with E-state index in [2.05, 4.69) is 49.8 Å². The second-order valence-electron chi connectivity index (χ2n) is 9.25. The molecule has 10 heteroatoms. The Morgan fingerprint density at radius 3 is 2.24 bits per heavy atom. The van der Waals surface area contributed by atoms with Crippen molar-refractivity contribution in [3.63, 3.8) is 0 Å². The van der Waals surface area contributed by atoms with E-state index in [-0.39, 0.29) is 5.91 Å². The lowest BCUT2D eigenvalue weighted by Crippen LogP contribution is -2.29. The molecular weight excluding hydrogens is 494 g/mol. The van der Waals surface area contributed by atoms with Gasteiger partial charge in [0.1, 0.15) is 10.3 Å². The minimum absolute atomic E-state index is 0.0294. The number of hydrogen-bond acceptors (Lipinski definition) is 9. The molecule has 0 aromatic carbocycles. The Labute approximate surface area is 229 Å². The molecule has 0 aliphatic heterocycles. The van der Waals surface area contributed by atoms with Crippen molar-refractivity contribution in [1.29, 1.82) is 5.26 Å². The third-order valence-corrected chi connectivity index (χ3v) is 6.06. The van der Waals surface area contributed by atoms with Gasteiger partial charge in [0, 0.05) is 32.0 Å². The first kappa shape index (κ1) is 35.8. The number of hydrogen-bond donors (Lipinski definition) is 2. The van der Waals surface area contributed by atoms with Crippen LogP contribution in [0.3, 0.4) is 0 Å². The van der Waals surface area contributed by atoms with Gasteiger partial charge in [-0.2, -0.15) is 5.26 Å². The smallest absolute Gasteiger partial charge is 0.222 e. The molecule has 2 atom stereocenters. The highest BCUT2D eigenvalue weighted by atomic mass is 32.2. The van der Waals surface area contributed by atoms with E-state index in [1.165, 1.54) is 12.8 Å². The zero-order chi connectivity index (χ0) is 27.6. The maximum Gasteiger partial charge on any atom is 0.222 e. The number of nitrogens with zero attached hydrogens (tertiary/aromatic N) is 1. The molecule has 1 amide bonds. The van der Waals surface area contributed by atoms with Gasteiger partial charge in [-0.3, -0.25) is 4.79 Å².